The van der Waals surface area contributed by atoms with E-state index >= 15 is 0 Å². The van der Waals surface area contributed by atoms with Gasteiger partial charge >= 0.3 is 0 Å². The molecule has 0 unspecified atom stereocenters. The SMILES string of the molecule is CCCn1ccnc1SCCOc1ccc(S(N)(=O)=O)cc1. The first-order valence-electron chi connectivity index (χ1n) is 6.90. The summed E-state index contributed by atoms with van der Waals surface area (Å²) < 4.78 is 30.0. The third-order valence-corrected chi connectivity index (χ3v) is 4.78. The standard InChI is InChI=1S/C14H19N3O3S2/c1-2-8-17-9-7-16-14(17)21-11-10-20-12-3-5-13(6-4-12)22(15,18)19/h3-7,9H,2,8,10-11H2,1H3,(H2,15,18,19). The Kier molecular flexibility index (Phi) is 5.87. The number of ether oxygens (including phenoxy) is 1. The highest BCUT2D eigenvalue weighted by Gasteiger charge is 2.07. The topological polar surface area (TPSA) is 87.2 Å². The maximum atomic E-state index is 11.1. The number of hydrogen-bond donors (Lipinski definition) is 1. The van der Waals surface area contributed by atoms with E-state index in [1.54, 1.807) is 30.1 Å². The quantitative estimate of drug-likeness (QED) is 0.587. The van der Waals surface area contributed by atoms with Crippen molar-refractivity contribution < 1.29 is 13.2 Å². The molecule has 8 heteroatoms. The highest BCUT2D eigenvalue weighted by molar-refractivity contribution is 7.99. The molecule has 22 heavy (non-hydrogen) atoms. The fourth-order valence-corrected chi connectivity index (χ4v) is 3.18. The number of primary sulfonamides is 1. The fourth-order valence-electron chi connectivity index (χ4n) is 1.86. The summed E-state index contributed by atoms with van der Waals surface area (Å²) in [5, 5.41) is 6.02. The minimum atomic E-state index is -3.66. The van der Waals surface area contributed by atoms with Crippen molar-refractivity contribution in [3.8, 4) is 5.75 Å². The molecule has 0 aliphatic heterocycles. The van der Waals surface area contributed by atoms with Gasteiger partial charge in [0.2, 0.25) is 10.0 Å². The second-order valence-electron chi connectivity index (χ2n) is 4.62. The molecule has 0 aliphatic carbocycles. The minimum Gasteiger partial charge on any atom is -0.493 e. The highest BCUT2D eigenvalue weighted by Crippen LogP contribution is 2.18. The lowest BCUT2D eigenvalue weighted by atomic mass is 10.3. The Morgan fingerprint density at radius 2 is 2.05 bits per heavy atom. The van der Waals surface area contributed by atoms with E-state index in [2.05, 4.69) is 16.5 Å². The first kappa shape index (κ1) is 16.9. The van der Waals surface area contributed by atoms with Gasteiger partial charge in [-0.2, -0.15) is 0 Å². The molecule has 1 aromatic heterocycles. The largest absolute Gasteiger partial charge is 0.493 e. The summed E-state index contributed by atoms with van der Waals surface area (Å²) in [5.41, 5.74) is 0. The Balaban J connectivity index is 1.80. The van der Waals surface area contributed by atoms with E-state index in [4.69, 9.17) is 9.88 Å². The van der Waals surface area contributed by atoms with Crippen molar-refractivity contribution in [2.45, 2.75) is 29.9 Å². The number of sulfonamides is 1. The summed E-state index contributed by atoms with van der Waals surface area (Å²) in [6.45, 7) is 3.60. The molecule has 0 radical (unpaired) electrons. The van der Waals surface area contributed by atoms with E-state index in [1.807, 2.05) is 6.20 Å². The number of imidazole rings is 1. The number of benzene rings is 1. The lowest BCUT2D eigenvalue weighted by Crippen LogP contribution is -2.11. The molecule has 2 rings (SSSR count). The summed E-state index contributed by atoms with van der Waals surface area (Å²) in [6.07, 6.45) is 4.83. The van der Waals surface area contributed by atoms with Gasteiger partial charge in [-0.05, 0) is 30.7 Å². The summed E-state index contributed by atoms with van der Waals surface area (Å²) in [7, 11) is -3.66. The van der Waals surface area contributed by atoms with Crippen LogP contribution in [0.25, 0.3) is 0 Å². The summed E-state index contributed by atoms with van der Waals surface area (Å²) in [6, 6.07) is 6.07. The van der Waals surface area contributed by atoms with Crippen LogP contribution in [0.4, 0.5) is 0 Å². The fraction of sp³-hybridized carbons (Fsp3) is 0.357. The molecule has 1 aromatic carbocycles. The van der Waals surface area contributed by atoms with Gasteiger partial charge in [0.1, 0.15) is 5.75 Å². The van der Waals surface area contributed by atoms with Gasteiger partial charge in [0, 0.05) is 24.7 Å². The van der Waals surface area contributed by atoms with Gasteiger partial charge in [-0.3, -0.25) is 0 Å². The third-order valence-electron chi connectivity index (χ3n) is 2.88. The molecule has 1 heterocycles. The van der Waals surface area contributed by atoms with Crippen LogP contribution >= 0.6 is 11.8 Å². The highest BCUT2D eigenvalue weighted by atomic mass is 32.2. The van der Waals surface area contributed by atoms with E-state index in [0.29, 0.717) is 12.4 Å². The van der Waals surface area contributed by atoms with Gasteiger partial charge in [-0.25, -0.2) is 18.5 Å². The van der Waals surface area contributed by atoms with Gasteiger partial charge in [0.05, 0.1) is 11.5 Å². The lowest BCUT2D eigenvalue weighted by Gasteiger charge is -2.08. The van der Waals surface area contributed by atoms with Gasteiger partial charge in [0.15, 0.2) is 5.16 Å². The average Bonchev–Trinajstić information content (AvgIpc) is 2.91. The van der Waals surface area contributed by atoms with Gasteiger partial charge < -0.3 is 9.30 Å². The van der Waals surface area contributed by atoms with Crippen LogP contribution in [0.1, 0.15) is 13.3 Å². The zero-order valence-corrected chi connectivity index (χ0v) is 13.9. The van der Waals surface area contributed by atoms with E-state index < -0.39 is 10.0 Å². The molecule has 0 saturated carbocycles. The van der Waals surface area contributed by atoms with Crippen molar-refractivity contribution in [1.82, 2.24) is 9.55 Å². The number of thioether (sulfide) groups is 1. The molecule has 0 aliphatic rings. The number of aryl methyl sites for hydroxylation is 1. The maximum absolute atomic E-state index is 11.1. The monoisotopic (exact) mass is 341 g/mol. The number of rotatable bonds is 8. The second-order valence-corrected chi connectivity index (χ2v) is 7.24. The molecule has 0 saturated heterocycles. The normalized spacial score (nSPS) is 11.5. The van der Waals surface area contributed by atoms with E-state index in [1.165, 1.54) is 12.1 Å². The number of nitrogens with zero attached hydrogens (tertiary/aromatic N) is 2. The van der Waals surface area contributed by atoms with Crippen molar-refractivity contribution in [2.24, 2.45) is 5.14 Å². The molecule has 0 bridgehead atoms. The van der Waals surface area contributed by atoms with E-state index in [9.17, 15) is 8.42 Å². The van der Waals surface area contributed by atoms with Gasteiger partial charge in [-0.15, -0.1) is 0 Å². The van der Waals surface area contributed by atoms with Crippen LogP contribution in [-0.4, -0.2) is 30.3 Å². The molecular weight excluding hydrogens is 322 g/mol. The summed E-state index contributed by atoms with van der Waals surface area (Å²) in [4.78, 5) is 4.39. The Morgan fingerprint density at radius 3 is 2.68 bits per heavy atom. The maximum Gasteiger partial charge on any atom is 0.238 e. The van der Waals surface area contributed by atoms with Crippen LogP contribution in [-0.2, 0) is 16.6 Å². The molecule has 0 atom stereocenters. The van der Waals surface area contributed by atoms with Crippen LogP contribution in [0.2, 0.25) is 0 Å². The van der Waals surface area contributed by atoms with E-state index in [-0.39, 0.29) is 4.90 Å². The molecule has 0 spiro atoms. The summed E-state index contributed by atoms with van der Waals surface area (Å²) >= 11 is 1.63. The van der Waals surface area contributed by atoms with Gasteiger partial charge in [0.25, 0.3) is 0 Å². The van der Waals surface area contributed by atoms with Crippen molar-refractivity contribution in [3.05, 3.63) is 36.7 Å². The Bertz CT molecular complexity index is 696. The molecule has 0 fully saturated rings. The third kappa shape index (κ3) is 4.75. The molecule has 0 amide bonds. The van der Waals surface area contributed by atoms with Crippen LogP contribution < -0.4 is 9.88 Å². The van der Waals surface area contributed by atoms with Gasteiger partial charge in [-0.1, -0.05) is 18.7 Å². The van der Waals surface area contributed by atoms with Crippen LogP contribution in [0.3, 0.4) is 0 Å². The number of aromatic nitrogens is 2. The van der Waals surface area contributed by atoms with E-state index in [0.717, 1.165) is 23.9 Å². The molecule has 120 valence electrons. The van der Waals surface area contributed by atoms with Crippen LogP contribution in [0.15, 0.2) is 46.7 Å². The zero-order chi connectivity index (χ0) is 16.0. The molecule has 2 N–H and O–H groups in total. The van der Waals surface area contributed by atoms with Crippen LogP contribution in [0, 0.1) is 0 Å². The molecule has 6 nitrogen and oxygen atoms in total. The van der Waals surface area contributed by atoms with Crippen molar-refractivity contribution in [1.29, 1.82) is 0 Å². The molecular formula is C14H19N3O3S2. The van der Waals surface area contributed by atoms with Crippen molar-refractivity contribution >= 4 is 21.8 Å². The smallest absolute Gasteiger partial charge is 0.238 e. The van der Waals surface area contributed by atoms with Crippen molar-refractivity contribution in [2.75, 3.05) is 12.4 Å². The van der Waals surface area contributed by atoms with Crippen LogP contribution in [0.5, 0.6) is 5.75 Å². The number of nitrogens with two attached hydrogens (primary N) is 1. The minimum absolute atomic E-state index is 0.0795. The predicted octanol–water partition coefficient (Wildman–Crippen LogP) is 2.11. The Hall–Kier alpha value is -1.51. The summed E-state index contributed by atoms with van der Waals surface area (Å²) in [5.74, 6) is 1.38. The zero-order valence-electron chi connectivity index (χ0n) is 12.3. The van der Waals surface area contributed by atoms with Crippen molar-refractivity contribution in [3.63, 3.8) is 0 Å². The Labute approximate surface area is 134 Å². The Morgan fingerprint density at radius 1 is 1.32 bits per heavy atom. The molecule has 2 aromatic rings. The lowest BCUT2D eigenvalue weighted by molar-refractivity contribution is 0.343. The first-order chi connectivity index (χ1) is 10.5. The number of hydrogen-bond acceptors (Lipinski definition) is 5. The second kappa shape index (κ2) is 7.66. The average molecular weight is 341 g/mol. The first-order valence-corrected chi connectivity index (χ1v) is 9.43. The predicted molar refractivity (Wildman–Crippen MR) is 86.6 cm³/mol.